The number of ether oxygens (including phenoxy) is 1. The third-order valence-corrected chi connectivity index (χ3v) is 3.09. The van der Waals surface area contributed by atoms with Crippen LogP contribution >= 0.6 is 0 Å². The Kier molecular flexibility index (Phi) is 3.56. The first kappa shape index (κ1) is 11.8. The number of hydrogen-bond donors (Lipinski definition) is 0. The Morgan fingerprint density at radius 2 is 2.00 bits per heavy atom. The molecule has 1 saturated heterocycles. The molecule has 1 aromatic rings. The fourth-order valence-electron chi connectivity index (χ4n) is 2.17. The highest BCUT2D eigenvalue weighted by Gasteiger charge is 2.19. The summed E-state index contributed by atoms with van der Waals surface area (Å²) in [5.74, 6) is 0.461. The Labute approximate surface area is 101 Å². The Bertz CT molecular complexity index is 414. The van der Waals surface area contributed by atoms with Gasteiger partial charge in [0.15, 0.2) is 5.69 Å². The highest BCUT2D eigenvalue weighted by atomic mass is 16.5. The standard InChI is InChI=1S/C12H17N3O2/c1-9-10(12(16)17-2)13-8-14-11(9)15-6-4-3-5-7-15/h8H,3-7H2,1-2H3. The average Bonchev–Trinajstić information content (AvgIpc) is 2.39. The van der Waals surface area contributed by atoms with E-state index in [-0.39, 0.29) is 0 Å². The minimum Gasteiger partial charge on any atom is -0.464 e. The van der Waals surface area contributed by atoms with Crippen LogP contribution in [0.2, 0.25) is 0 Å². The molecule has 0 atom stereocenters. The van der Waals surface area contributed by atoms with Gasteiger partial charge in [0.25, 0.3) is 0 Å². The average molecular weight is 235 g/mol. The lowest BCUT2D eigenvalue weighted by Crippen LogP contribution is -2.31. The van der Waals surface area contributed by atoms with Gasteiger partial charge in [0, 0.05) is 18.7 Å². The van der Waals surface area contributed by atoms with E-state index < -0.39 is 5.97 Å². The van der Waals surface area contributed by atoms with Gasteiger partial charge in [0.05, 0.1) is 7.11 Å². The number of anilines is 1. The first-order chi connectivity index (χ1) is 8.24. The predicted octanol–water partition coefficient (Wildman–Crippen LogP) is 1.56. The monoisotopic (exact) mass is 235 g/mol. The number of methoxy groups -OCH3 is 1. The molecule has 0 amide bonds. The van der Waals surface area contributed by atoms with E-state index >= 15 is 0 Å². The zero-order chi connectivity index (χ0) is 12.3. The molecular formula is C12H17N3O2. The second kappa shape index (κ2) is 5.12. The van der Waals surface area contributed by atoms with Crippen LogP contribution in [0.3, 0.4) is 0 Å². The second-order valence-electron chi connectivity index (χ2n) is 4.21. The molecule has 0 N–H and O–H groups in total. The molecule has 5 heteroatoms. The summed E-state index contributed by atoms with van der Waals surface area (Å²) in [6.07, 6.45) is 5.06. The molecule has 0 saturated carbocycles. The van der Waals surface area contributed by atoms with E-state index in [9.17, 15) is 4.79 Å². The Hall–Kier alpha value is -1.65. The van der Waals surface area contributed by atoms with Crippen LogP contribution in [0.5, 0.6) is 0 Å². The van der Waals surface area contributed by atoms with Crippen molar-refractivity contribution >= 4 is 11.8 Å². The molecule has 0 bridgehead atoms. The third-order valence-electron chi connectivity index (χ3n) is 3.09. The SMILES string of the molecule is COC(=O)c1ncnc(N2CCCCC2)c1C. The molecule has 1 fully saturated rings. The van der Waals surface area contributed by atoms with Gasteiger partial charge in [-0.2, -0.15) is 0 Å². The minimum atomic E-state index is -0.400. The van der Waals surface area contributed by atoms with Crippen LogP contribution in [0.1, 0.15) is 35.3 Å². The topological polar surface area (TPSA) is 55.3 Å². The second-order valence-corrected chi connectivity index (χ2v) is 4.21. The van der Waals surface area contributed by atoms with E-state index in [1.807, 2.05) is 6.92 Å². The Morgan fingerprint density at radius 3 is 2.65 bits per heavy atom. The smallest absolute Gasteiger partial charge is 0.357 e. The number of piperidine rings is 1. The van der Waals surface area contributed by atoms with Crippen molar-refractivity contribution in [3.05, 3.63) is 17.6 Å². The maximum absolute atomic E-state index is 11.5. The predicted molar refractivity (Wildman–Crippen MR) is 64.2 cm³/mol. The van der Waals surface area contributed by atoms with Gasteiger partial charge in [-0.3, -0.25) is 0 Å². The van der Waals surface area contributed by atoms with E-state index in [2.05, 4.69) is 14.9 Å². The zero-order valence-electron chi connectivity index (χ0n) is 10.3. The van der Waals surface area contributed by atoms with E-state index in [1.54, 1.807) is 0 Å². The summed E-state index contributed by atoms with van der Waals surface area (Å²) in [6, 6.07) is 0. The Morgan fingerprint density at radius 1 is 1.29 bits per heavy atom. The molecule has 2 rings (SSSR count). The van der Waals surface area contributed by atoms with Crippen LogP contribution in [0.25, 0.3) is 0 Å². The van der Waals surface area contributed by atoms with E-state index in [0.29, 0.717) is 5.69 Å². The number of rotatable bonds is 2. The normalized spacial score (nSPS) is 15.8. The molecular weight excluding hydrogens is 218 g/mol. The molecule has 1 aromatic heterocycles. The Balaban J connectivity index is 2.31. The molecule has 0 aromatic carbocycles. The number of esters is 1. The highest BCUT2D eigenvalue weighted by Crippen LogP contribution is 2.22. The van der Waals surface area contributed by atoms with E-state index in [0.717, 1.165) is 24.5 Å². The summed E-state index contributed by atoms with van der Waals surface area (Å²) < 4.78 is 4.71. The molecule has 0 radical (unpaired) electrons. The van der Waals surface area contributed by atoms with Crippen LogP contribution < -0.4 is 4.90 Å². The highest BCUT2D eigenvalue weighted by molar-refractivity contribution is 5.90. The van der Waals surface area contributed by atoms with Crippen LogP contribution in [-0.4, -0.2) is 36.1 Å². The van der Waals surface area contributed by atoms with Crippen LogP contribution in [0.4, 0.5) is 5.82 Å². The molecule has 0 aliphatic carbocycles. The molecule has 1 aliphatic rings. The summed E-state index contributed by atoms with van der Waals surface area (Å²) in [5.41, 5.74) is 1.17. The number of aromatic nitrogens is 2. The third kappa shape index (κ3) is 2.38. The first-order valence-corrected chi connectivity index (χ1v) is 5.89. The van der Waals surface area contributed by atoms with E-state index in [1.165, 1.54) is 32.7 Å². The molecule has 2 heterocycles. The molecule has 5 nitrogen and oxygen atoms in total. The van der Waals surface area contributed by atoms with Crippen molar-refractivity contribution in [2.45, 2.75) is 26.2 Å². The number of nitrogens with zero attached hydrogens (tertiary/aromatic N) is 3. The summed E-state index contributed by atoms with van der Waals surface area (Å²) >= 11 is 0. The van der Waals surface area contributed by atoms with Crippen LogP contribution in [0, 0.1) is 6.92 Å². The van der Waals surface area contributed by atoms with Gasteiger partial charge in [-0.1, -0.05) is 0 Å². The van der Waals surface area contributed by atoms with Gasteiger partial charge >= 0.3 is 5.97 Å². The maximum atomic E-state index is 11.5. The molecule has 17 heavy (non-hydrogen) atoms. The van der Waals surface area contributed by atoms with Crippen LogP contribution in [-0.2, 0) is 4.74 Å². The first-order valence-electron chi connectivity index (χ1n) is 5.89. The molecule has 0 unspecified atom stereocenters. The largest absolute Gasteiger partial charge is 0.464 e. The minimum absolute atomic E-state index is 0.364. The van der Waals surface area contributed by atoms with Gasteiger partial charge in [0.2, 0.25) is 0 Å². The van der Waals surface area contributed by atoms with Crippen molar-refractivity contribution in [2.75, 3.05) is 25.1 Å². The van der Waals surface area contributed by atoms with Crippen molar-refractivity contribution in [3.8, 4) is 0 Å². The fraction of sp³-hybridized carbons (Fsp3) is 0.583. The van der Waals surface area contributed by atoms with Crippen molar-refractivity contribution in [2.24, 2.45) is 0 Å². The lowest BCUT2D eigenvalue weighted by Gasteiger charge is -2.29. The molecule has 1 aliphatic heterocycles. The van der Waals surface area contributed by atoms with Crippen LogP contribution in [0.15, 0.2) is 6.33 Å². The van der Waals surface area contributed by atoms with Gasteiger partial charge in [-0.25, -0.2) is 14.8 Å². The van der Waals surface area contributed by atoms with Crippen molar-refractivity contribution in [1.82, 2.24) is 9.97 Å². The molecule has 0 spiro atoms. The zero-order valence-corrected chi connectivity index (χ0v) is 10.3. The van der Waals surface area contributed by atoms with Gasteiger partial charge in [-0.15, -0.1) is 0 Å². The van der Waals surface area contributed by atoms with Gasteiger partial charge in [-0.05, 0) is 26.2 Å². The number of carbonyl (C=O) groups is 1. The lowest BCUT2D eigenvalue weighted by atomic mass is 10.1. The summed E-state index contributed by atoms with van der Waals surface area (Å²) in [6.45, 7) is 3.87. The maximum Gasteiger partial charge on any atom is 0.357 e. The van der Waals surface area contributed by atoms with Crippen molar-refractivity contribution in [3.63, 3.8) is 0 Å². The van der Waals surface area contributed by atoms with E-state index in [4.69, 9.17) is 4.74 Å². The quantitative estimate of drug-likeness (QED) is 0.728. The summed E-state index contributed by atoms with van der Waals surface area (Å²) in [4.78, 5) is 22.0. The number of hydrogen-bond acceptors (Lipinski definition) is 5. The number of carbonyl (C=O) groups excluding carboxylic acids is 1. The molecule has 92 valence electrons. The summed E-state index contributed by atoms with van der Waals surface area (Å²) in [5, 5.41) is 0. The van der Waals surface area contributed by atoms with Crippen molar-refractivity contribution < 1.29 is 9.53 Å². The summed E-state index contributed by atoms with van der Waals surface area (Å²) in [7, 11) is 1.37. The van der Waals surface area contributed by atoms with Gasteiger partial charge in [0.1, 0.15) is 12.1 Å². The van der Waals surface area contributed by atoms with Gasteiger partial charge < -0.3 is 9.64 Å². The lowest BCUT2D eigenvalue weighted by molar-refractivity contribution is 0.0593. The fourth-order valence-corrected chi connectivity index (χ4v) is 2.17. The van der Waals surface area contributed by atoms with Crippen molar-refractivity contribution in [1.29, 1.82) is 0 Å².